The molecule has 3 aromatic heterocycles. The number of imidazole rings is 1. The molecule has 0 aliphatic carbocycles. The summed E-state index contributed by atoms with van der Waals surface area (Å²) in [4.78, 5) is 15.5. The van der Waals surface area contributed by atoms with Crippen molar-refractivity contribution in [3.63, 3.8) is 0 Å². The lowest BCUT2D eigenvalue weighted by Gasteiger charge is -2.39. The van der Waals surface area contributed by atoms with Crippen LogP contribution in [0, 0.1) is 5.92 Å². The van der Waals surface area contributed by atoms with E-state index in [4.69, 9.17) is 4.42 Å². The first-order chi connectivity index (χ1) is 13.7. The number of likely N-dealkylation sites (tertiary alicyclic amines) is 1. The first-order valence-corrected chi connectivity index (χ1v) is 9.63. The van der Waals surface area contributed by atoms with E-state index in [-0.39, 0.29) is 24.0 Å². The molecular weight excluding hydrogens is 483 g/mol. The quantitative estimate of drug-likeness (QED) is 0.311. The minimum atomic E-state index is 0. The number of aliphatic imine (C=N–C) groups is 1. The second-order valence-electron chi connectivity index (χ2n) is 7.10. The van der Waals surface area contributed by atoms with Gasteiger partial charge in [0.1, 0.15) is 5.82 Å². The van der Waals surface area contributed by atoms with Gasteiger partial charge in [0.2, 0.25) is 5.82 Å². The van der Waals surface area contributed by atoms with Crippen LogP contribution in [0.5, 0.6) is 0 Å². The number of rotatable bonds is 5. The number of hydrogen-bond acceptors (Lipinski definition) is 5. The van der Waals surface area contributed by atoms with E-state index in [9.17, 15) is 0 Å². The molecule has 29 heavy (non-hydrogen) atoms. The summed E-state index contributed by atoms with van der Waals surface area (Å²) in [6.45, 7) is 4.94. The number of halogens is 1. The third-order valence-electron chi connectivity index (χ3n) is 5.26. The molecule has 10 heteroatoms. The van der Waals surface area contributed by atoms with Crippen LogP contribution in [-0.4, -0.2) is 62.3 Å². The van der Waals surface area contributed by atoms with Crippen molar-refractivity contribution in [2.24, 2.45) is 10.9 Å². The standard InChI is InChI=1S/C19H26N8O.HI/c1-14-6-9-26(12-15(14)27-10-8-21-13-27)19(20-2)22-7-5-17-23-18(25-24-17)16-4-3-11-28-16;/h3-4,8,10-11,13-15H,5-7,9,12H2,1-2H3,(H,20,22)(H,23,24,25);1H. The fourth-order valence-corrected chi connectivity index (χ4v) is 3.64. The highest BCUT2D eigenvalue weighted by molar-refractivity contribution is 14.0. The molecule has 2 atom stereocenters. The minimum Gasteiger partial charge on any atom is -0.461 e. The largest absolute Gasteiger partial charge is 0.461 e. The SMILES string of the molecule is CN=C(NCCc1nc(-c2ccco2)n[nH]1)N1CCC(C)C(n2ccnc2)C1.I. The average molecular weight is 510 g/mol. The third kappa shape index (κ3) is 4.98. The van der Waals surface area contributed by atoms with Crippen LogP contribution >= 0.6 is 24.0 Å². The average Bonchev–Trinajstić information content (AvgIpc) is 3.48. The van der Waals surface area contributed by atoms with Crippen LogP contribution in [0.25, 0.3) is 11.6 Å². The van der Waals surface area contributed by atoms with Crippen molar-refractivity contribution < 1.29 is 4.42 Å². The highest BCUT2D eigenvalue weighted by Gasteiger charge is 2.28. The van der Waals surface area contributed by atoms with Crippen molar-refractivity contribution in [3.8, 4) is 11.6 Å². The number of furan rings is 1. The third-order valence-corrected chi connectivity index (χ3v) is 5.26. The normalized spacial score (nSPS) is 19.8. The molecule has 9 nitrogen and oxygen atoms in total. The van der Waals surface area contributed by atoms with Crippen molar-refractivity contribution in [2.45, 2.75) is 25.8 Å². The topological polar surface area (TPSA) is 100 Å². The summed E-state index contributed by atoms with van der Waals surface area (Å²) >= 11 is 0. The van der Waals surface area contributed by atoms with Gasteiger partial charge in [-0.1, -0.05) is 6.92 Å². The van der Waals surface area contributed by atoms with Gasteiger partial charge in [0, 0.05) is 45.5 Å². The Bertz CT molecular complexity index is 889. The maximum absolute atomic E-state index is 5.33. The Labute approximate surface area is 187 Å². The van der Waals surface area contributed by atoms with Gasteiger partial charge < -0.3 is 19.2 Å². The molecule has 0 aromatic carbocycles. The van der Waals surface area contributed by atoms with Crippen LogP contribution in [0.1, 0.15) is 25.2 Å². The van der Waals surface area contributed by atoms with Crippen LogP contribution in [-0.2, 0) is 6.42 Å². The van der Waals surface area contributed by atoms with Gasteiger partial charge in [-0.3, -0.25) is 10.1 Å². The smallest absolute Gasteiger partial charge is 0.216 e. The van der Waals surface area contributed by atoms with E-state index in [1.807, 2.05) is 37.9 Å². The molecule has 2 unspecified atom stereocenters. The number of H-pyrrole nitrogens is 1. The molecule has 0 amide bonds. The summed E-state index contributed by atoms with van der Waals surface area (Å²) in [5.74, 6) is 3.59. The number of hydrogen-bond donors (Lipinski definition) is 2. The molecular formula is C19H27IN8O. The second kappa shape index (κ2) is 9.90. The van der Waals surface area contributed by atoms with Gasteiger partial charge in [0.05, 0.1) is 18.6 Å². The summed E-state index contributed by atoms with van der Waals surface area (Å²) in [7, 11) is 1.83. The van der Waals surface area contributed by atoms with Gasteiger partial charge >= 0.3 is 0 Å². The second-order valence-corrected chi connectivity index (χ2v) is 7.10. The number of aromatic amines is 1. The molecule has 1 fully saturated rings. The Morgan fingerprint density at radius 1 is 1.45 bits per heavy atom. The molecule has 1 aliphatic heterocycles. The van der Waals surface area contributed by atoms with Crippen LogP contribution < -0.4 is 5.32 Å². The van der Waals surface area contributed by atoms with Crippen LogP contribution in [0.15, 0.2) is 46.5 Å². The van der Waals surface area contributed by atoms with E-state index in [1.54, 1.807) is 6.26 Å². The predicted octanol–water partition coefficient (Wildman–Crippen LogP) is 2.58. The molecule has 0 bridgehead atoms. The van der Waals surface area contributed by atoms with Crippen molar-refractivity contribution in [2.75, 3.05) is 26.7 Å². The van der Waals surface area contributed by atoms with E-state index in [0.717, 1.165) is 44.3 Å². The number of nitrogens with one attached hydrogen (secondary N) is 2. The predicted molar refractivity (Wildman–Crippen MR) is 121 cm³/mol. The lowest BCUT2D eigenvalue weighted by Crippen LogP contribution is -2.49. The van der Waals surface area contributed by atoms with Gasteiger partial charge in [-0.25, -0.2) is 9.97 Å². The minimum absolute atomic E-state index is 0. The highest BCUT2D eigenvalue weighted by Crippen LogP contribution is 2.27. The zero-order chi connectivity index (χ0) is 19.3. The van der Waals surface area contributed by atoms with Crippen molar-refractivity contribution in [3.05, 3.63) is 42.9 Å². The first-order valence-electron chi connectivity index (χ1n) is 9.63. The summed E-state index contributed by atoms with van der Waals surface area (Å²) in [6.07, 6.45) is 9.25. The highest BCUT2D eigenvalue weighted by atomic mass is 127. The van der Waals surface area contributed by atoms with E-state index in [1.165, 1.54) is 0 Å². The monoisotopic (exact) mass is 510 g/mol. The lowest BCUT2D eigenvalue weighted by atomic mass is 9.93. The summed E-state index contributed by atoms with van der Waals surface area (Å²) in [6, 6.07) is 4.08. The van der Waals surface area contributed by atoms with E-state index >= 15 is 0 Å². The molecule has 1 aliphatic rings. The van der Waals surface area contributed by atoms with Gasteiger partial charge in [0.15, 0.2) is 11.7 Å². The number of aromatic nitrogens is 5. The first kappa shape index (κ1) is 21.3. The lowest BCUT2D eigenvalue weighted by molar-refractivity contribution is 0.189. The van der Waals surface area contributed by atoms with Gasteiger partial charge in [-0.05, 0) is 24.5 Å². The maximum atomic E-state index is 5.33. The maximum Gasteiger partial charge on any atom is 0.216 e. The molecule has 4 rings (SSSR count). The van der Waals surface area contributed by atoms with Crippen LogP contribution in [0.4, 0.5) is 0 Å². The molecule has 0 radical (unpaired) electrons. The van der Waals surface area contributed by atoms with Gasteiger partial charge in [-0.15, -0.1) is 24.0 Å². The van der Waals surface area contributed by atoms with Crippen LogP contribution in [0.3, 0.4) is 0 Å². The fraction of sp³-hybridized carbons (Fsp3) is 0.474. The summed E-state index contributed by atoms with van der Waals surface area (Å²) in [5.41, 5.74) is 0. The summed E-state index contributed by atoms with van der Waals surface area (Å²) in [5, 5.41) is 10.6. The molecule has 2 N–H and O–H groups in total. The Morgan fingerprint density at radius 2 is 2.34 bits per heavy atom. The Morgan fingerprint density at radius 3 is 3.07 bits per heavy atom. The Kier molecular flexibility index (Phi) is 7.29. The number of piperidine rings is 1. The number of nitrogens with zero attached hydrogens (tertiary/aromatic N) is 6. The van der Waals surface area contributed by atoms with E-state index in [2.05, 4.69) is 46.9 Å². The van der Waals surface area contributed by atoms with Crippen molar-refractivity contribution >= 4 is 29.9 Å². The van der Waals surface area contributed by atoms with E-state index in [0.29, 0.717) is 23.5 Å². The molecule has 0 spiro atoms. The Hall–Kier alpha value is -2.37. The molecule has 156 valence electrons. The van der Waals surface area contributed by atoms with Crippen molar-refractivity contribution in [1.29, 1.82) is 0 Å². The van der Waals surface area contributed by atoms with Crippen LogP contribution in [0.2, 0.25) is 0 Å². The van der Waals surface area contributed by atoms with Crippen molar-refractivity contribution in [1.82, 2.24) is 34.9 Å². The van der Waals surface area contributed by atoms with Gasteiger partial charge in [0.25, 0.3) is 0 Å². The zero-order valence-electron chi connectivity index (χ0n) is 16.7. The Balaban J connectivity index is 0.00000240. The molecule has 1 saturated heterocycles. The molecule has 4 heterocycles. The van der Waals surface area contributed by atoms with Gasteiger partial charge in [-0.2, -0.15) is 5.10 Å². The number of guanidine groups is 1. The zero-order valence-corrected chi connectivity index (χ0v) is 19.0. The fourth-order valence-electron chi connectivity index (χ4n) is 3.64. The molecule has 3 aromatic rings. The summed E-state index contributed by atoms with van der Waals surface area (Å²) < 4.78 is 7.53. The van der Waals surface area contributed by atoms with E-state index < -0.39 is 0 Å². The molecule has 0 saturated carbocycles.